The standard InChI is InChI=1S/C20H20FN3O/c21-19-6-4-16(5-7-19)13-20(25)24-10-8-23(9-11-24)15-18-3-1-2-17(12-18)14-22/h1-7,12H,8-11,13,15H2. The third kappa shape index (κ3) is 4.65. The van der Waals surface area contributed by atoms with E-state index in [0.29, 0.717) is 25.1 Å². The van der Waals surface area contributed by atoms with Gasteiger partial charge in [0.2, 0.25) is 5.91 Å². The second-order valence-corrected chi connectivity index (χ2v) is 6.27. The highest BCUT2D eigenvalue weighted by atomic mass is 19.1. The normalized spacial score (nSPS) is 15.0. The van der Waals surface area contributed by atoms with E-state index in [1.54, 1.807) is 18.2 Å². The summed E-state index contributed by atoms with van der Waals surface area (Å²) in [5, 5.41) is 8.97. The van der Waals surface area contributed by atoms with E-state index in [-0.39, 0.29) is 11.7 Å². The Morgan fingerprint density at radius 1 is 1.04 bits per heavy atom. The van der Waals surface area contributed by atoms with Crippen LogP contribution in [0.1, 0.15) is 16.7 Å². The number of benzene rings is 2. The lowest BCUT2D eigenvalue weighted by Crippen LogP contribution is -2.48. The molecule has 3 rings (SSSR count). The minimum atomic E-state index is -0.287. The fourth-order valence-electron chi connectivity index (χ4n) is 3.04. The number of nitriles is 1. The summed E-state index contributed by atoms with van der Waals surface area (Å²) in [5.41, 5.74) is 2.62. The summed E-state index contributed by atoms with van der Waals surface area (Å²) in [5.74, 6) is -0.206. The number of nitrogens with zero attached hydrogens (tertiary/aromatic N) is 3. The van der Waals surface area contributed by atoms with Crippen molar-refractivity contribution < 1.29 is 9.18 Å². The SMILES string of the molecule is N#Cc1cccc(CN2CCN(C(=O)Cc3ccc(F)cc3)CC2)c1. The van der Waals surface area contributed by atoms with Crippen molar-refractivity contribution in [3.8, 4) is 6.07 Å². The number of carbonyl (C=O) groups excluding carboxylic acids is 1. The highest BCUT2D eigenvalue weighted by molar-refractivity contribution is 5.78. The Labute approximate surface area is 147 Å². The van der Waals surface area contributed by atoms with Crippen LogP contribution >= 0.6 is 0 Å². The molecule has 1 amide bonds. The van der Waals surface area contributed by atoms with Crippen LogP contribution in [0.5, 0.6) is 0 Å². The predicted molar refractivity (Wildman–Crippen MR) is 93.1 cm³/mol. The van der Waals surface area contributed by atoms with Crippen molar-refractivity contribution in [2.45, 2.75) is 13.0 Å². The average molecular weight is 337 g/mol. The molecule has 1 heterocycles. The van der Waals surface area contributed by atoms with Crippen LogP contribution in [0.2, 0.25) is 0 Å². The lowest BCUT2D eigenvalue weighted by molar-refractivity contribution is -0.132. The van der Waals surface area contributed by atoms with Gasteiger partial charge in [0.1, 0.15) is 5.82 Å². The quantitative estimate of drug-likeness (QED) is 0.861. The van der Waals surface area contributed by atoms with Crippen molar-refractivity contribution >= 4 is 5.91 Å². The fourth-order valence-corrected chi connectivity index (χ4v) is 3.04. The van der Waals surface area contributed by atoms with E-state index in [1.165, 1.54) is 12.1 Å². The van der Waals surface area contributed by atoms with Crippen molar-refractivity contribution in [3.05, 3.63) is 71.0 Å². The average Bonchev–Trinajstić information content (AvgIpc) is 2.64. The summed E-state index contributed by atoms with van der Waals surface area (Å²) in [6.07, 6.45) is 0.310. The number of halogens is 1. The zero-order valence-electron chi connectivity index (χ0n) is 14.0. The van der Waals surface area contributed by atoms with Crippen LogP contribution in [0.25, 0.3) is 0 Å². The van der Waals surface area contributed by atoms with Gasteiger partial charge in [-0.15, -0.1) is 0 Å². The lowest BCUT2D eigenvalue weighted by atomic mass is 10.1. The largest absolute Gasteiger partial charge is 0.340 e. The molecule has 0 bridgehead atoms. The van der Waals surface area contributed by atoms with Crippen molar-refractivity contribution in [1.29, 1.82) is 5.26 Å². The van der Waals surface area contributed by atoms with Crippen LogP contribution in [0.15, 0.2) is 48.5 Å². The third-order valence-electron chi connectivity index (χ3n) is 4.46. The summed E-state index contributed by atoms with van der Waals surface area (Å²) >= 11 is 0. The Balaban J connectivity index is 1.50. The molecule has 2 aromatic rings. The summed E-state index contributed by atoms with van der Waals surface area (Å²) in [7, 11) is 0. The first kappa shape index (κ1) is 17.1. The van der Waals surface area contributed by atoms with Crippen LogP contribution in [0.4, 0.5) is 4.39 Å². The molecule has 2 aromatic carbocycles. The first-order valence-electron chi connectivity index (χ1n) is 8.37. The molecule has 1 aliphatic rings. The molecule has 1 fully saturated rings. The molecule has 0 aliphatic carbocycles. The Kier molecular flexibility index (Phi) is 5.42. The van der Waals surface area contributed by atoms with Crippen molar-refractivity contribution in [2.24, 2.45) is 0 Å². The second kappa shape index (κ2) is 7.91. The molecule has 1 aliphatic heterocycles. The maximum atomic E-state index is 12.9. The van der Waals surface area contributed by atoms with Crippen molar-refractivity contribution in [2.75, 3.05) is 26.2 Å². The minimum Gasteiger partial charge on any atom is -0.340 e. The smallest absolute Gasteiger partial charge is 0.227 e. The Hall–Kier alpha value is -2.71. The minimum absolute atomic E-state index is 0.0812. The maximum absolute atomic E-state index is 12.9. The number of piperazine rings is 1. The van der Waals surface area contributed by atoms with Gasteiger partial charge >= 0.3 is 0 Å². The molecule has 25 heavy (non-hydrogen) atoms. The van der Waals surface area contributed by atoms with E-state index >= 15 is 0 Å². The molecule has 0 N–H and O–H groups in total. The molecule has 0 atom stereocenters. The lowest BCUT2D eigenvalue weighted by Gasteiger charge is -2.34. The van der Waals surface area contributed by atoms with Gasteiger partial charge in [-0.3, -0.25) is 9.69 Å². The van der Waals surface area contributed by atoms with Crippen molar-refractivity contribution in [1.82, 2.24) is 9.80 Å². The Morgan fingerprint density at radius 3 is 2.44 bits per heavy atom. The van der Waals surface area contributed by atoms with E-state index in [2.05, 4.69) is 11.0 Å². The molecule has 4 nitrogen and oxygen atoms in total. The number of carbonyl (C=O) groups is 1. The van der Waals surface area contributed by atoms with Gasteiger partial charge in [0.15, 0.2) is 0 Å². The molecule has 0 radical (unpaired) electrons. The molecular weight excluding hydrogens is 317 g/mol. The van der Waals surface area contributed by atoms with Crippen LogP contribution in [-0.2, 0) is 17.8 Å². The summed E-state index contributed by atoms with van der Waals surface area (Å²) in [6, 6.07) is 15.9. The predicted octanol–water partition coefficient (Wildman–Crippen LogP) is 2.58. The molecule has 128 valence electrons. The summed E-state index contributed by atoms with van der Waals surface area (Å²) < 4.78 is 12.9. The molecule has 0 aromatic heterocycles. The van der Waals surface area contributed by atoms with E-state index in [0.717, 1.165) is 30.8 Å². The van der Waals surface area contributed by atoms with Gasteiger partial charge in [0.05, 0.1) is 18.1 Å². The maximum Gasteiger partial charge on any atom is 0.227 e. The van der Waals surface area contributed by atoms with Gasteiger partial charge in [0.25, 0.3) is 0 Å². The third-order valence-corrected chi connectivity index (χ3v) is 4.46. The highest BCUT2D eigenvalue weighted by Crippen LogP contribution is 2.12. The van der Waals surface area contributed by atoms with Gasteiger partial charge in [-0.2, -0.15) is 5.26 Å². The van der Waals surface area contributed by atoms with E-state index < -0.39 is 0 Å². The zero-order chi connectivity index (χ0) is 17.6. The van der Waals surface area contributed by atoms with Crippen molar-refractivity contribution in [3.63, 3.8) is 0 Å². The fraction of sp³-hybridized carbons (Fsp3) is 0.300. The van der Waals surface area contributed by atoms with Gasteiger partial charge < -0.3 is 4.90 Å². The van der Waals surface area contributed by atoms with Crippen LogP contribution in [0, 0.1) is 17.1 Å². The first-order chi connectivity index (χ1) is 12.1. The van der Waals surface area contributed by atoms with Gasteiger partial charge in [0, 0.05) is 32.7 Å². The first-order valence-corrected chi connectivity index (χ1v) is 8.37. The number of amides is 1. The monoisotopic (exact) mass is 337 g/mol. The molecule has 0 unspecified atom stereocenters. The van der Waals surface area contributed by atoms with Crippen LogP contribution in [0.3, 0.4) is 0 Å². The number of hydrogen-bond acceptors (Lipinski definition) is 3. The molecule has 1 saturated heterocycles. The van der Waals surface area contributed by atoms with Crippen LogP contribution in [-0.4, -0.2) is 41.9 Å². The number of hydrogen-bond donors (Lipinski definition) is 0. The Bertz CT molecular complexity index is 774. The molecular formula is C20H20FN3O. The van der Waals surface area contributed by atoms with Crippen LogP contribution < -0.4 is 0 Å². The van der Waals surface area contributed by atoms with Gasteiger partial charge in [-0.1, -0.05) is 24.3 Å². The van der Waals surface area contributed by atoms with E-state index in [4.69, 9.17) is 5.26 Å². The van der Waals surface area contributed by atoms with Gasteiger partial charge in [-0.05, 0) is 35.4 Å². The highest BCUT2D eigenvalue weighted by Gasteiger charge is 2.21. The topological polar surface area (TPSA) is 47.3 Å². The summed E-state index contributed by atoms with van der Waals surface area (Å²) in [6.45, 7) is 3.79. The zero-order valence-corrected chi connectivity index (χ0v) is 14.0. The molecule has 0 saturated carbocycles. The Morgan fingerprint density at radius 2 is 1.76 bits per heavy atom. The van der Waals surface area contributed by atoms with Gasteiger partial charge in [-0.25, -0.2) is 4.39 Å². The second-order valence-electron chi connectivity index (χ2n) is 6.27. The van der Waals surface area contributed by atoms with E-state index in [1.807, 2.05) is 23.1 Å². The molecule has 5 heteroatoms. The number of rotatable bonds is 4. The molecule has 0 spiro atoms. The van der Waals surface area contributed by atoms with E-state index in [9.17, 15) is 9.18 Å². The summed E-state index contributed by atoms with van der Waals surface area (Å²) in [4.78, 5) is 16.5.